The second-order valence-electron chi connectivity index (χ2n) is 7.43. The second-order valence-corrected chi connectivity index (χ2v) is 8.15. The van der Waals surface area contributed by atoms with Gasteiger partial charge in [-0.05, 0) is 18.6 Å². The van der Waals surface area contributed by atoms with Crippen molar-refractivity contribution in [2.45, 2.75) is 71.1 Å². The molecule has 0 N–H and O–H groups in total. The fourth-order valence-electron chi connectivity index (χ4n) is 3.52. The molecular formula is C23H31N3O2S. The first-order chi connectivity index (χ1) is 14.3. The number of fused-ring (bicyclic) bond motifs is 1. The third-order valence-electron chi connectivity index (χ3n) is 5.13. The molecule has 0 aliphatic heterocycles. The van der Waals surface area contributed by atoms with Crippen LogP contribution in [-0.2, 0) is 4.74 Å². The van der Waals surface area contributed by atoms with Gasteiger partial charge < -0.3 is 4.74 Å². The van der Waals surface area contributed by atoms with Gasteiger partial charge in [0.05, 0.1) is 23.2 Å². The first kappa shape index (κ1) is 21.5. The smallest absolute Gasteiger partial charge is 0.420 e. The Bertz CT molecular complexity index is 874. The summed E-state index contributed by atoms with van der Waals surface area (Å²) in [6.45, 7) is 2.69. The van der Waals surface area contributed by atoms with Crippen LogP contribution in [0.25, 0.3) is 22.6 Å². The number of hydrogen-bond acceptors (Lipinski definition) is 5. The highest BCUT2D eigenvalue weighted by Crippen LogP contribution is 2.25. The van der Waals surface area contributed by atoms with E-state index in [0.717, 1.165) is 23.9 Å². The molecule has 3 rings (SSSR count). The molecule has 6 heteroatoms. The van der Waals surface area contributed by atoms with E-state index in [0.29, 0.717) is 18.1 Å². The Labute approximate surface area is 177 Å². The maximum atomic E-state index is 12.8. The summed E-state index contributed by atoms with van der Waals surface area (Å²) >= 11 is 1.48. The Balaban J connectivity index is 1.44. The van der Waals surface area contributed by atoms with E-state index in [1.165, 1.54) is 62.7 Å². The van der Waals surface area contributed by atoms with E-state index in [1.807, 2.05) is 29.6 Å². The fraction of sp³-hybridized carbons (Fsp3) is 0.522. The van der Waals surface area contributed by atoms with Crippen molar-refractivity contribution in [3.63, 3.8) is 0 Å². The van der Waals surface area contributed by atoms with E-state index in [9.17, 15) is 4.79 Å². The van der Waals surface area contributed by atoms with Crippen LogP contribution in [-0.4, -0.2) is 27.2 Å². The first-order valence-corrected chi connectivity index (χ1v) is 11.8. The van der Waals surface area contributed by atoms with Crippen LogP contribution in [0.1, 0.15) is 71.1 Å². The van der Waals surface area contributed by atoms with Crippen LogP contribution in [0, 0.1) is 0 Å². The van der Waals surface area contributed by atoms with Crippen molar-refractivity contribution in [1.29, 1.82) is 0 Å². The largest absolute Gasteiger partial charge is 0.449 e. The van der Waals surface area contributed by atoms with E-state index in [1.54, 1.807) is 10.1 Å². The lowest BCUT2D eigenvalue weighted by atomic mass is 10.1. The molecule has 0 saturated heterocycles. The minimum absolute atomic E-state index is 0.377. The van der Waals surface area contributed by atoms with Crippen LogP contribution in [0.3, 0.4) is 0 Å². The highest BCUT2D eigenvalue weighted by atomic mass is 32.1. The standard InChI is InChI=1S/C23H31N3O2S/c1-2-3-4-5-6-7-8-9-10-13-16-28-23(27)26-21-15-12-11-14-19(21)25-22(26)20-17-29-18-24-20/h11-12,14-15,17-18H,2-10,13,16H2,1H3. The Morgan fingerprint density at radius 1 is 1.00 bits per heavy atom. The van der Waals surface area contributed by atoms with Crippen molar-refractivity contribution in [1.82, 2.24) is 14.5 Å². The zero-order valence-corrected chi connectivity index (χ0v) is 18.1. The monoisotopic (exact) mass is 413 g/mol. The summed E-state index contributed by atoms with van der Waals surface area (Å²) < 4.78 is 7.11. The van der Waals surface area contributed by atoms with Gasteiger partial charge in [0.1, 0.15) is 5.69 Å². The van der Waals surface area contributed by atoms with Gasteiger partial charge in [0, 0.05) is 5.38 Å². The number of para-hydroxylation sites is 2. The third-order valence-corrected chi connectivity index (χ3v) is 5.71. The van der Waals surface area contributed by atoms with E-state index in [4.69, 9.17) is 4.74 Å². The molecule has 1 aromatic carbocycles. The average Bonchev–Trinajstić information content (AvgIpc) is 3.39. The summed E-state index contributed by atoms with van der Waals surface area (Å²) in [6, 6.07) is 7.61. The summed E-state index contributed by atoms with van der Waals surface area (Å²) in [7, 11) is 0. The van der Waals surface area contributed by atoms with Crippen molar-refractivity contribution < 1.29 is 9.53 Å². The molecule has 0 amide bonds. The molecule has 0 radical (unpaired) electrons. The van der Waals surface area contributed by atoms with Crippen molar-refractivity contribution in [2.75, 3.05) is 6.61 Å². The molecule has 2 heterocycles. The van der Waals surface area contributed by atoms with Crippen LogP contribution >= 0.6 is 11.3 Å². The van der Waals surface area contributed by atoms with Gasteiger partial charge in [-0.2, -0.15) is 0 Å². The highest BCUT2D eigenvalue weighted by Gasteiger charge is 2.20. The number of rotatable bonds is 12. The number of thiazole rings is 1. The SMILES string of the molecule is CCCCCCCCCCCCOC(=O)n1c(-c2cscn2)nc2ccccc21. The molecule has 0 unspecified atom stereocenters. The van der Waals surface area contributed by atoms with Crippen LogP contribution in [0.5, 0.6) is 0 Å². The van der Waals surface area contributed by atoms with Gasteiger partial charge in [-0.25, -0.2) is 19.3 Å². The molecule has 2 aromatic heterocycles. The van der Waals surface area contributed by atoms with Gasteiger partial charge in [-0.3, -0.25) is 0 Å². The predicted molar refractivity (Wildman–Crippen MR) is 119 cm³/mol. The van der Waals surface area contributed by atoms with Gasteiger partial charge in [-0.15, -0.1) is 11.3 Å². The molecule has 0 fully saturated rings. The lowest BCUT2D eigenvalue weighted by Gasteiger charge is -2.08. The zero-order chi connectivity index (χ0) is 20.3. The Kier molecular flexibility index (Phi) is 8.68. The lowest BCUT2D eigenvalue weighted by Crippen LogP contribution is -2.15. The Morgan fingerprint density at radius 2 is 1.69 bits per heavy atom. The number of nitrogens with zero attached hydrogens (tertiary/aromatic N) is 3. The van der Waals surface area contributed by atoms with E-state index >= 15 is 0 Å². The molecule has 3 aromatic rings. The van der Waals surface area contributed by atoms with Gasteiger partial charge >= 0.3 is 6.09 Å². The second kappa shape index (κ2) is 11.7. The number of carbonyl (C=O) groups excluding carboxylic acids is 1. The van der Waals surface area contributed by atoms with E-state index in [2.05, 4.69) is 16.9 Å². The summed E-state index contributed by atoms with van der Waals surface area (Å²) in [5.74, 6) is 0.542. The molecule has 0 saturated carbocycles. The number of unbranched alkanes of at least 4 members (excludes halogenated alkanes) is 9. The third kappa shape index (κ3) is 6.13. The quantitative estimate of drug-likeness (QED) is 0.298. The number of carbonyl (C=O) groups is 1. The topological polar surface area (TPSA) is 57.0 Å². The highest BCUT2D eigenvalue weighted by molar-refractivity contribution is 7.07. The molecule has 0 bridgehead atoms. The summed E-state index contributed by atoms with van der Waals surface area (Å²) in [6.07, 6.45) is 12.2. The van der Waals surface area contributed by atoms with Crippen molar-refractivity contribution in [3.8, 4) is 11.5 Å². The van der Waals surface area contributed by atoms with Crippen LogP contribution < -0.4 is 0 Å². The van der Waals surface area contributed by atoms with Gasteiger partial charge in [-0.1, -0.05) is 76.8 Å². The van der Waals surface area contributed by atoms with Crippen molar-refractivity contribution in [3.05, 3.63) is 35.2 Å². The predicted octanol–water partition coefficient (Wildman–Crippen LogP) is 7.07. The molecule has 0 aliphatic rings. The minimum atomic E-state index is -0.377. The minimum Gasteiger partial charge on any atom is -0.449 e. The van der Waals surface area contributed by atoms with Crippen molar-refractivity contribution >= 4 is 28.5 Å². The summed E-state index contributed by atoms with van der Waals surface area (Å²) in [5.41, 5.74) is 3.96. The first-order valence-electron chi connectivity index (χ1n) is 10.8. The van der Waals surface area contributed by atoms with E-state index < -0.39 is 0 Å². The molecule has 0 atom stereocenters. The Hall–Kier alpha value is -2.21. The molecule has 0 aliphatic carbocycles. The average molecular weight is 414 g/mol. The number of imidazole rings is 1. The maximum Gasteiger partial charge on any atom is 0.420 e. The molecule has 156 valence electrons. The fourth-order valence-corrected chi connectivity index (χ4v) is 4.05. The normalized spacial score (nSPS) is 11.2. The Morgan fingerprint density at radius 3 is 2.38 bits per heavy atom. The van der Waals surface area contributed by atoms with Crippen LogP contribution in [0.4, 0.5) is 4.79 Å². The van der Waals surface area contributed by atoms with Crippen LogP contribution in [0.15, 0.2) is 35.2 Å². The maximum absolute atomic E-state index is 12.8. The molecule has 5 nitrogen and oxygen atoms in total. The molecular weight excluding hydrogens is 382 g/mol. The summed E-state index contributed by atoms with van der Waals surface area (Å²) in [5, 5.41) is 1.90. The number of aromatic nitrogens is 3. The van der Waals surface area contributed by atoms with E-state index in [-0.39, 0.29) is 6.09 Å². The number of ether oxygens (including phenoxy) is 1. The summed E-state index contributed by atoms with van der Waals surface area (Å²) in [4.78, 5) is 21.7. The van der Waals surface area contributed by atoms with Gasteiger partial charge in [0.2, 0.25) is 0 Å². The number of benzene rings is 1. The van der Waals surface area contributed by atoms with Gasteiger partial charge in [0.15, 0.2) is 5.82 Å². The lowest BCUT2D eigenvalue weighted by molar-refractivity contribution is 0.147. The molecule has 0 spiro atoms. The molecule has 29 heavy (non-hydrogen) atoms. The van der Waals surface area contributed by atoms with Gasteiger partial charge in [0.25, 0.3) is 0 Å². The zero-order valence-electron chi connectivity index (χ0n) is 17.3. The van der Waals surface area contributed by atoms with Crippen molar-refractivity contribution in [2.24, 2.45) is 0 Å². The van der Waals surface area contributed by atoms with Crippen LogP contribution in [0.2, 0.25) is 0 Å². The number of hydrogen-bond donors (Lipinski definition) is 0.